The monoisotopic (exact) mass is 472 g/mol. The number of rotatable bonds is 0. The summed E-state index contributed by atoms with van der Waals surface area (Å²) in [6, 6.07) is 0. The van der Waals surface area contributed by atoms with Crippen molar-refractivity contribution >= 4 is 11.6 Å². The van der Waals surface area contributed by atoms with E-state index in [1.807, 2.05) is 0 Å². The van der Waals surface area contributed by atoms with Crippen LogP contribution in [-0.4, -0.2) is 33.0 Å². The number of carbonyl (C=O) groups excluding carboxylic acids is 2. The Morgan fingerprint density at radius 2 is 1.12 bits per heavy atom. The number of hydrogen-bond acceptors (Lipinski definition) is 4. The van der Waals surface area contributed by atoms with Gasteiger partial charge in [0.25, 0.3) is 0 Å². The fraction of sp³-hybridized carbons (Fsp3) is 0.900. The molecule has 0 aromatic rings. The van der Waals surface area contributed by atoms with Gasteiger partial charge < -0.3 is 17.1 Å². The standard InChI is InChI=1S/C15H24O2.C15H23O2/c2*1-9-5-6-10-13(2,3)11-7-15(9,10)8-12(16)14(11,4)17/h9-11,17H,5-8H2,1-4H3;9-11,17H,4-8H2,1-3H3/q;-1/p+1/t2*9-,10+,11-,14-,15-/m11/s1. The zero-order valence-corrected chi connectivity index (χ0v) is 22.5. The van der Waals surface area contributed by atoms with Crippen LogP contribution < -0.4 is 0 Å². The first-order valence-electron chi connectivity index (χ1n) is 13.8. The van der Waals surface area contributed by atoms with Crippen molar-refractivity contribution in [2.24, 2.45) is 57.2 Å². The molecule has 4 nitrogen and oxygen atoms in total. The van der Waals surface area contributed by atoms with Crippen LogP contribution in [0.1, 0.15) is 101 Å². The first-order valence-corrected chi connectivity index (χ1v) is 13.8. The smallest absolute Gasteiger partial charge is 0.414 e. The van der Waals surface area contributed by atoms with E-state index in [2.05, 4.69) is 48.5 Å². The molecular formula is C30H48O4. The largest absolute Gasteiger partial charge is 1.00 e. The minimum Gasteiger partial charge on any atom is -0.414 e. The molecule has 0 radical (unpaired) electrons. The third-order valence-corrected chi connectivity index (χ3v) is 13.2. The van der Waals surface area contributed by atoms with E-state index in [9.17, 15) is 19.8 Å². The molecule has 0 heterocycles. The van der Waals surface area contributed by atoms with Gasteiger partial charge in [-0.1, -0.05) is 41.5 Å². The minimum absolute atomic E-state index is 0. The van der Waals surface area contributed by atoms with Crippen molar-refractivity contribution in [2.45, 2.75) is 111 Å². The van der Waals surface area contributed by atoms with E-state index >= 15 is 0 Å². The van der Waals surface area contributed by atoms with Gasteiger partial charge in [-0.05, 0) is 96.7 Å². The summed E-state index contributed by atoms with van der Waals surface area (Å²) in [5, 5.41) is 21.0. The fourth-order valence-corrected chi connectivity index (χ4v) is 11.1. The summed E-state index contributed by atoms with van der Waals surface area (Å²) < 4.78 is 0. The fourth-order valence-electron chi connectivity index (χ4n) is 11.1. The predicted molar refractivity (Wildman–Crippen MR) is 134 cm³/mol. The number of Topliss-reactive ketones (excluding diaryl/α,β-unsaturated/α-hetero) is 2. The summed E-state index contributed by atoms with van der Waals surface area (Å²) in [6.07, 6.45) is 8.19. The van der Waals surface area contributed by atoms with Crippen LogP contribution in [-0.2, 0) is 9.59 Å². The van der Waals surface area contributed by atoms with Gasteiger partial charge in [-0.25, -0.2) is 0 Å². The highest BCUT2D eigenvalue weighted by Crippen LogP contribution is 2.73. The van der Waals surface area contributed by atoms with Crippen molar-refractivity contribution in [2.75, 3.05) is 0 Å². The van der Waals surface area contributed by atoms with Crippen molar-refractivity contribution < 1.29 is 21.2 Å². The molecule has 2 spiro atoms. The molecule has 0 amide bonds. The van der Waals surface area contributed by atoms with Crippen LogP contribution in [0.3, 0.4) is 0 Å². The summed E-state index contributed by atoms with van der Waals surface area (Å²) in [6.45, 7) is 19.2. The highest BCUT2D eigenvalue weighted by Gasteiger charge is 2.70. The van der Waals surface area contributed by atoms with Gasteiger partial charge in [-0.15, -0.1) is 0 Å². The zero-order valence-electron chi connectivity index (χ0n) is 23.5. The second-order valence-corrected chi connectivity index (χ2v) is 15.0. The van der Waals surface area contributed by atoms with Gasteiger partial charge in [0.1, 0.15) is 11.4 Å². The van der Waals surface area contributed by atoms with Crippen LogP contribution in [0.2, 0.25) is 0 Å². The highest BCUT2D eigenvalue weighted by molar-refractivity contribution is 5.90. The Hall–Kier alpha value is -0.740. The molecule has 0 aromatic carbocycles. The van der Waals surface area contributed by atoms with Crippen LogP contribution in [0.15, 0.2) is 0 Å². The molecule has 6 fully saturated rings. The lowest BCUT2D eigenvalue weighted by molar-refractivity contribution is -0.152. The summed E-state index contributed by atoms with van der Waals surface area (Å²) in [5.74, 6) is 2.78. The first-order chi connectivity index (χ1) is 15.5. The van der Waals surface area contributed by atoms with Gasteiger partial charge in [-0.3, -0.25) is 9.59 Å². The number of carbonyl (C=O) groups is 2. The van der Waals surface area contributed by atoms with Crippen LogP contribution in [0, 0.1) is 64.1 Å². The molecule has 34 heavy (non-hydrogen) atoms. The third kappa shape index (κ3) is 2.79. The average Bonchev–Trinajstić information content (AvgIpc) is 3.33. The van der Waals surface area contributed by atoms with E-state index in [0.29, 0.717) is 36.5 Å². The molecule has 192 valence electrons. The van der Waals surface area contributed by atoms with E-state index < -0.39 is 11.2 Å². The van der Waals surface area contributed by atoms with Gasteiger partial charge in [0.2, 0.25) is 0 Å². The van der Waals surface area contributed by atoms with Crippen molar-refractivity contribution in [3.8, 4) is 0 Å². The van der Waals surface area contributed by atoms with Gasteiger partial charge in [0.05, 0.1) is 0 Å². The molecule has 4 bridgehead atoms. The van der Waals surface area contributed by atoms with Crippen LogP contribution in [0.25, 0.3) is 0 Å². The summed E-state index contributed by atoms with van der Waals surface area (Å²) in [4.78, 5) is 24.5. The molecule has 2 N–H and O–H groups in total. The molecule has 4 heteroatoms. The number of ketones is 2. The number of aliphatic hydroxyl groups is 2. The molecule has 6 rings (SSSR count). The Labute approximate surface area is 208 Å². The summed E-state index contributed by atoms with van der Waals surface area (Å²) >= 11 is 0. The molecule has 6 aliphatic carbocycles. The Bertz CT molecular complexity index is 845. The maximum Gasteiger partial charge on any atom is 1.00 e. The molecule has 0 saturated heterocycles. The lowest BCUT2D eigenvalue weighted by Crippen LogP contribution is -2.51. The van der Waals surface area contributed by atoms with E-state index in [1.54, 1.807) is 6.92 Å². The van der Waals surface area contributed by atoms with E-state index in [4.69, 9.17) is 0 Å². The van der Waals surface area contributed by atoms with E-state index in [-0.39, 0.29) is 46.5 Å². The van der Waals surface area contributed by atoms with Crippen LogP contribution >= 0.6 is 0 Å². The Morgan fingerprint density at radius 1 is 0.706 bits per heavy atom. The van der Waals surface area contributed by atoms with E-state index in [0.717, 1.165) is 12.8 Å². The number of fused-ring (bicyclic) bond motifs is 2. The van der Waals surface area contributed by atoms with Gasteiger partial charge in [0.15, 0.2) is 5.78 Å². The van der Waals surface area contributed by atoms with Crippen molar-refractivity contribution in [1.29, 1.82) is 0 Å². The Balaban J connectivity index is 0.000000160. The highest BCUT2D eigenvalue weighted by atomic mass is 16.3. The molecule has 6 aliphatic rings. The lowest BCUT2D eigenvalue weighted by atomic mass is 9.63. The van der Waals surface area contributed by atoms with Crippen LogP contribution in [0.4, 0.5) is 0 Å². The normalized spacial score (nSPS) is 56.1. The quantitative estimate of drug-likeness (QED) is 0.456. The SMILES string of the molecule is C[C@@H]1CC[C@H]2C(C)(C)[C@H]3C[C@@]12CC(=O)[C@]3(C)O.[CH2-][C@]1(O)C(=O)C[C@@]23C[C@@H]1C(C)(C)[C@@H]2CC[C@H]3C.[H+]. The van der Waals surface area contributed by atoms with Gasteiger partial charge in [0, 0.05) is 24.4 Å². The summed E-state index contributed by atoms with van der Waals surface area (Å²) in [5.41, 5.74) is -1.87. The van der Waals surface area contributed by atoms with E-state index in [1.165, 1.54) is 25.7 Å². The maximum absolute atomic E-state index is 12.3. The molecular weight excluding hydrogens is 424 g/mol. The predicted octanol–water partition coefficient (Wildman–Crippen LogP) is 5.50. The second-order valence-electron chi connectivity index (χ2n) is 15.0. The molecule has 0 aromatic heterocycles. The van der Waals surface area contributed by atoms with Gasteiger partial charge >= 0.3 is 1.43 Å². The van der Waals surface area contributed by atoms with Crippen LogP contribution in [0.5, 0.6) is 0 Å². The number of hydrogen-bond donors (Lipinski definition) is 2. The lowest BCUT2D eigenvalue weighted by Gasteiger charge is -2.47. The minimum atomic E-state index is -1.33. The average molecular weight is 473 g/mol. The third-order valence-electron chi connectivity index (χ3n) is 13.2. The van der Waals surface area contributed by atoms with Crippen molar-refractivity contribution in [1.82, 2.24) is 0 Å². The van der Waals surface area contributed by atoms with Crippen molar-refractivity contribution in [3.63, 3.8) is 0 Å². The maximum atomic E-state index is 12.3. The topological polar surface area (TPSA) is 74.6 Å². The zero-order chi connectivity index (χ0) is 25.3. The molecule has 0 aliphatic heterocycles. The van der Waals surface area contributed by atoms with Crippen molar-refractivity contribution in [3.05, 3.63) is 6.92 Å². The molecule has 0 unspecified atom stereocenters. The Morgan fingerprint density at radius 3 is 1.62 bits per heavy atom. The molecule has 10 atom stereocenters. The first kappa shape index (κ1) is 24.9. The second kappa shape index (κ2) is 6.97. The Kier molecular flexibility index (Phi) is 5.11. The van der Waals surface area contributed by atoms with Gasteiger partial charge in [-0.2, -0.15) is 0 Å². The molecule has 6 saturated carbocycles. The summed E-state index contributed by atoms with van der Waals surface area (Å²) in [7, 11) is 0.